The molecule has 1 aliphatic carbocycles. The zero-order chi connectivity index (χ0) is 21.6. The first kappa shape index (κ1) is 20.8. The molecule has 31 heavy (non-hydrogen) atoms. The van der Waals surface area contributed by atoms with E-state index in [2.05, 4.69) is 54.4 Å². The number of fused-ring (bicyclic) bond motifs is 4. The van der Waals surface area contributed by atoms with E-state index in [0.29, 0.717) is 5.92 Å². The van der Waals surface area contributed by atoms with Crippen molar-refractivity contribution < 1.29 is 9.53 Å². The minimum atomic E-state index is -0.272. The zero-order valence-electron chi connectivity index (χ0n) is 18.4. The highest BCUT2D eigenvalue weighted by Crippen LogP contribution is 2.44. The molecule has 3 fully saturated rings. The highest BCUT2D eigenvalue weighted by molar-refractivity contribution is 6.30. The van der Waals surface area contributed by atoms with Gasteiger partial charge in [0.25, 0.3) is 0 Å². The predicted molar refractivity (Wildman–Crippen MR) is 124 cm³/mol. The molecular formula is C26H31ClN2O2. The zero-order valence-corrected chi connectivity index (χ0v) is 19.1. The maximum atomic E-state index is 12.9. The minimum absolute atomic E-state index is 0.0249. The number of carbonyl (C=O) groups excluding carboxylic acids is 1. The third-order valence-electron chi connectivity index (χ3n) is 7.57. The molecule has 2 aromatic rings. The molecule has 2 aromatic carbocycles. The van der Waals surface area contributed by atoms with Crippen molar-refractivity contribution in [2.75, 3.05) is 19.6 Å². The average molecular weight is 439 g/mol. The van der Waals surface area contributed by atoms with E-state index in [-0.39, 0.29) is 23.7 Å². The summed E-state index contributed by atoms with van der Waals surface area (Å²) in [4.78, 5) is 15.3. The molecule has 2 bridgehead atoms. The number of amides is 1. The maximum Gasteiger partial charge on any atom is 0.407 e. The lowest BCUT2D eigenvalue weighted by atomic mass is 9.70. The Balaban J connectivity index is 1.35. The minimum Gasteiger partial charge on any atom is -0.445 e. The van der Waals surface area contributed by atoms with Gasteiger partial charge < -0.3 is 10.1 Å². The summed E-state index contributed by atoms with van der Waals surface area (Å²) < 4.78 is 5.94. The van der Waals surface area contributed by atoms with Gasteiger partial charge in [-0.25, -0.2) is 4.79 Å². The van der Waals surface area contributed by atoms with Crippen LogP contribution in [0.25, 0.3) is 11.1 Å². The van der Waals surface area contributed by atoms with Crippen LogP contribution in [0.15, 0.2) is 42.5 Å². The monoisotopic (exact) mass is 438 g/mol. The highest BCUT2D eigenvalue weighted by Gasteiger charge is 2.40. The molecule has 5 heteroatoms. The number of rotatable bonds is 3. The molecule has 4 aliphatic rings. The highest BCUT2D eigenvalue weighted by atomic mass is 35.5. The average Bonchev–Trinajstić information content (AvgIpc) is 2.77. The van der Waals surface area contributed by atoms with Gasteiger partial charge in [-0.15, -0.1) is 0 Å². The lowest BCUT2D eigenvalue weighted by Crippen LogP contribution is -2.53. The molecule has 2 atom stereocenters. The van der Waals surface area contributed by atoms with Gasteiger partial charge in [-0.1, -0.05) is 55.8 Å². The van der Waals surface area contributed by atoms with Crippen LogP contribution >= 0.6 is 11.6 Å². The Morgan fingerprint density at radius 3 is 2.48 bits per heavy atom. The van der Waals surface area contributed by atoms with Gasteiger partial charge in [0.1, 0.15) is 6.10 Å². The van der Waals surface area contributed by atoms with Crippen molar-refractivity contribution in [1.82, 2.24) is 10.2 Å². The summed E-state index contributed by atoms with van der Waals surface area (Å²) in [5.41, 5.74) is 4.83. The van der Waals surface area contributed by atoms with E-state index in [0.717, 1.165) is 55.9 Å². The fourth-order valence-electron chi connectivity index (χ4n) is 5.55. The van der Waals surface area contributed by atoms with Gasteiger partial charge in [-0.3, -0.25) is 4.90 Å². The Hall–Kier alpha value is -2.04. The first-order valence-corrected chi connectivity index (χ1v) is 11.9. The summed E-state index contributed by atoms with van der Waals surface area (Å²) >= 11 is 6.05. The van der Waals surface area contributed by atoms with E-state index in [1.165, 1.54) is 16.7 Å². The summed E-state index contributed by atoms with van der Waals surface area (Å²) in [5.74, 6) is 0.518. The summed E-state index contributed by atoms with van der Waals surface area (Å²) in [6.45, 7) is 7.65. The van der Waals surface area contributed by atoms with Crippen molar-refractivity contribution in [2.45, 2.75) is 51.7 Å². The molecule has 6 rings (SSSR count). The van der Waals surface area contributed by atoms with Crippen LogP contribution in [-0.4, -0.2) is 36.7 Å². The molecule has 3 saturated heterocycles. The van der Waals surface area contributed by atoms with E-state index in [1.54, 1.807) is 0 Å². The molecule has 3 heterocycles. The first-order chi connectivity index (χ1) is 14.9. The van der Waals surface area contributed by atoms with Gasteiger partial charge in [0, 0.05) is 11.6 Å². The Bertz CT molecular complexity index is 964. The Kier molecular flexibility index (Phi) is 5.47. The van der Waals surface area contributed by atoms with Gasteiger partial charge in [-0.2, -0.15) is 0 Å². The van der Waals surface area contributed by atoms with Crippen LogP contribution in [0.3, 0.4) is 0 Å². The number of hydrogen-bond acceptors (Lipinski definition) is 3. The molecule has 1 amide bonds. The van der Waals surface area contributed by atoms with Crippen LogP contribution in [0.1, 0.15) is 50.3 Å². The van der Waals surface area contributed by atoms with Crippen molar-refractivity contribution in [3.05, 3.63) is 58.6 Å². The Morgan fingerprint density at radius 1 is 1.10 bits per heavy atom. The third-order valence-corrected chi connectivity index (χ3v) is 7.82. The number of carbonyl (C=O) groups is 1. The number of benzene rings is 2. The van der Waals surface area contributed by atoms with Gasteiger partial charge in [-0.05, 0) is 84.5 Å². The SMILES string of the molecule is CC1(C)CCc2cc(-c3ccc(Cl)cc3)ccc2C1NC(=O)O[C@@H]1CN2CCC1CC2. The van der Waals surface area contributed by atoms with Gasteiger partial charge in [0.2, 0.25) is 0 Å². The summed E-state index contributed by atoms with van der Waals surface area (Å²) in [6, 6.07) is 14.5. The second-order valence-electron chi connectivity index (χ2n) is 10.1. The standard InChI is InChI=1S/C26H31ClN2O2/c1-26(2)12-9-20-15-19(17-3-6-21(27)7-4-17)5-8-22(20)24(26)28-25(30)31-23-16-29-13-10-18(23)11-14-29/h3-8,15,18,23-24H,9-14,16H2,1-2H3,(H,28,30)/t23-,24?/m1/s1. The Labute approximate surface area is 189 Å². The number of ether oxygens (including phenoxy) is 1. The predicted octanol–water partition coefficient (Wildman–Crippen LogP) is 5.84. The number of nitrogens with one attached hydrogen (secondary N) is 1. The fourth-order valence-corrected chi connectivity index (χ4v) is 5.68. The molecule has 0 saturated carbocycles. The summed E-state index contributed by atoms with van der Waals surface area (Å²) in [6.07, 6.45) is 4.07. The van der Waals surface area contributed by atoms with Crippen molar-refractivity contribution in [3.63, 3.8) is 0 Å². The molecule has 164 valence electrons. The fraction of sp³-hybridized carbons (Fsp3) is 0.500. The molecule has 0 spiro atoms. The number of hydrogen-bond donors (Lipinski definition) is 1. The largest absolute Gasteiger partial charge is 0.445 e. The second-order valence-corrected chi connectivity index (χ2v) is 10.5. The van der Waals surface area contributed by atoms with E-state index in [1.807, 2.05) is 12.1 Å². The first-order valence-electron chi connectivity index (χ1n) is 11.5. The van der Waals surface area contributed by atoms with Gasteiger partial charge >= 0.3 is 6.09 Å². The van der Waals surface area contributed by atoms with Crippen LogP contribution in [-0.2, 0) is 11.2 Å². The smallest absolute Gasteiger partial charge is 0.407 e. The van der Waals surface area contributed by atoms with Crippen molar-refractivity contribution in [1.29, 1.82) is 0 Å². The molecule has 4 nitrogen and oxygen atoms in total. The number of halogens is 1. The van der Waals surface area contributed by atoms with Crippen LogP contribution in [0.5, 0.6) is 0 Å². The van der Waals surface area contributed by atoms with Gasteiger partial charge in [0.05, 0.1) is 6.04 Å². The van der Waals surface area contributed by atoms with E-state index in [9.17, 15) is 4.79 Å². The maximum absolute atomic E-state index is 12.9. The Morgan fingerprint density at radius 2 is 1.81 bits per heavy atom. The summed E-state index contributed by atoms with van der Waals surface area (Å²) in [7, 11) is 0. The lowest BCUT2D eigenvalue weighted by molar-refractivity contribution is -0.0353. The lowest BCUT2D eigenvalue weighted by Gasteiger charge is -2.44. The van der Waals surface area contributed by atoms with Crippen LogP contribution in [0, 0.1) is 11.3 Å². The quantitative estimate of drug-likeness (QED) is 0.654. The molecule has 3 aliphatic heterocycles. The van der Waals surface area contributed by atoms with E-state index >= 15 is 0 Å². The molecule has 1 unspecified atom stereocenters. The molecule has 0 radical (unpaired) electrons. The number of aryl methyl sites for hydroxylation is 1. The van der Waals surface area contributed by atoms with Crippen molar-refractivity contribution >= 4 is 17.7 Å². The normalized spacial score (nSPS) is 28.6. The topological polar surface area (TPSA) is 41.6 Å². The summed E-state index contributed by atoms with van der Waals surface area (Å²) in [5, 5.41) is 3.99. The third kappa shape index (κ3) is 4.20. The van der Waals surface area contributed by atoms with Crippen LogP contribution in [0.2, 0.25) is 5.02 Å². The van der Waals surface area contributed by atoms with Crippen molar-refractivity contribution in [3.8, 4) is 11.1 Å². The molecule has 1 N–H and O–H groups in total. The van der Waals surface area contributed by atoms with Crippen molar-refractivity contribution in [2.24, 2.45) is 11.3 Å². The van der Waals surface area contributed by atoms with Gasteiger partial charge in [0.15, 0.2) is 0 Å². The van der Waals surface area contributed by atoms with E-state index in [4.69, 9.17) is 16.3 Å². The van der Waals surface area contributed by atoms with Crippen LogP contribution in [0.4, 0.5) is 4.79 Å². The molecule has 0 aromatic heterocycles. The number of nitrogens with zero attached hydrogens (tertiary/aromatic N) is 1. The number of piperidine rings is 3. The van der Waals surface area contributed by atoms with E-state index < -0.39 is 0 Å². The number of alkyl carbamates (subject to hydrolysis) is 1. The second kappa shape index (κ2) is 8.14. The molecular weight excluding hydrogens is 408 g/mol. The van der Waals surface area contributed by atoms with Crippen LogP contribution < -0.4 is 5.32 Å².